The quantitative estimate of drug-likeness (QED) is 0.667. The number of hydrogen-bond donors (Lipinski definition) is 1. The Hall–Kier alpha value is -2.73. The standard InChI is InChI=1S/C18H13ClFNO4/c1-9-11-7-10(5-6-14(11)21-17(9)23)15(22)8-25-18(24)16-12(19)3-2-4-13(16)20/h2-7,9H,8H2,1H3,(H,21,23)/t9-/m1/s1. The van der Waals surface area contributed by atoms with Crippen LogP contribution in [0.5, 0.6) is 0 Å². The number of fused-ring (bicyclic) bond motifs is 1. The van der Waals surface area contributed by atoms with Crippen molar-refractivity contribution in [2.24, 2.45) is 0 Å². The van der Waals surface area contributed by atoms with Gasteiger partial charge in [-0.2, -0.15) is 0 Å². The molecule has 7 heteroatoms. The fourth-order valence-corrected chi connectivity index (χ4v) is 2.81. The summed E-state index contributed by atoms with van der Waals surface area (Å²) in [5.74, 6) is -2.79. The summed E-state index contributed by atoms with van der Waals surface area (Å²) in [6.07, 6.45) is 0. The van der Waals surface area contributed by atoms with Crippen molar-refractivity contribution in [3.8, 4) is 0 Å². The number of halogens is 2. The Kier molecular flexibility index (Phi) is 4.55. The first-order valence-electron chi connectivity index (χ1n) is 7.47. The minimum absolute atomic E-state index is 0.0895. The van der Waals surface area contributed by atoms with Crippen LogP contribution in [0.25, 0.3) is 0 Å². The number of ether oxygens (including phenoxy) is 1. The van der Waals surface area contributed by atoms with Gasteiger partial charge in [-0.05, 0) is 42.8 Å². The van der Waals surface area contributed by atoms with E-state index >= 15 is 0 Å². The number of esters is 1. The number of anilines is 1. The fraction of sp³-hybridized carbons (Fsp3) is 0.167. The van der Waals surface area contributed by atoms with Crippen LogP contribution in [0.3, 0.4) is 0 Å². The van der Waals surface area contributed by atoms with E-state index in [1.54, 1.807) is 19.1 Å². The Labute approximate surface area is 147 Å². The van der Waals surface area contributed by atoms with Gasteiger partial charge in [0.1, 0.15) is 11.4 Å². The maximum Gasteiger partial charge on any atom is 0.343 e. The summed E-state index contributed by atoms with van der Waals surface area (Å²) in [7, 11) is 0. The lowest BCUT2D eigenvalue weighted by Crippen LogP contribution is -2.16. The highest BCUT2D eigenvalue weighted by Crippen LogP contribution is 2.32. The van der Waals surface area contributed by atoms with E-state index in [9.17, 15) is 18.8 Å². The van der Waals surface area contributed by atoms with E-state index in [-0.39, 0.29) is 16.8 Å². The van der Waals surface area contributed by atoms with Crippen molar-refractivity contribution >= 4 is 34.9 Å². The molecule has 1 aliphatic rings. The molecule has 0 aromatic heterocycles. The maximum atomic E-state index is 13.7. The van der Waals surface area contributed by atoms with Gasteiger partial charge in [0, 0.05) is 11.3 Å². The molecule has 2 aromatic carbocycles. The molecule has 0 unspecified atom stereocenters. The summed E-state index contributed by atoms with van der Waals surface area (Å²) in [5.41, 5.74) is 1.26. The Morgan fingerprint density at radius 1 is 1.28 bits per heavy atom. The molecule has 1 N–H and O–H groups in total. The van der Waals surface area contributed by atoms with Crippen LogP contribution in [0.2, 0.25) is 5.02 Å². The Balaban J connectivity index is 1.72. The van der Waals surface area contributed by atoms with Crippen LogP contribution < -0.4 is 5.32 Å². The van der Waals surface area contributed by atoms with Crippen LogP contribution in [0.1, 0.15) is 39.1 Å². The number of ketones is 1. The van der Waals surface area contributed by atoms with E-state index in [4.69, 9.17) is 16.3 Å². The van der Waals surface area contributed by atoms with Crippen LogP contribution in [0.4, 0.5) is 10.1 Å². The van der Waals surface area contributed by atoms with Gasteiger partial charge in [0.05, 0.1) is 10.9 Å². The minimum Gasteiger partial charge on any atom is -0.454 e. The van der Waals surface area contributed by atoms with Crippen molar-refractivity contribution in [2.45, 2.75) is 12.8 Å². The van der Waals surface area contributed by atoms with Gasteiger partial charge in [-0.25, -0.2) is 9.18 Å². The summed E-state index contributed by atoms with van der Waals surface area (Å²) in [6.45, 7) is 1.17. The van der Waals surface area contributed by atoms with E-state index in [0.29, 0.717) is 16.8 Å². The molecule has 3 rings (SSSR count). The van der Waals surface area contributed by atoms with Crippen molar-refractivity contribution in [2.75, 3.05) is 11.9 Å². The van der Waals surface area contributed by atoms with Crippen LogP contribution in [0.15, 0.2) is 36.4 Å². The number of hydrogen-bond acceptors (Lipinski definition) is 4. The van der Waals surface area contributed by atoms with Gasteiger partial charge in [0.2, 0.25) is 5.91 Å². The Morgan fingerprint density at radius 2 is 2.04 bits per heavy atom. The Morgan fingerprint density at radius 3 is 2.76 bits per heavy atom. The molecule has 0 bridgehead atoms. The summed E-state index contributed by atoms with van der Waals surface area (Å²) in [6, 6.07) is 8.54. The summed E-state index contributed by atoms with van der Waals surface area (Å²) < 4.78 is 18.5. The SMILES string of the molecule is C[C@H]1C(=O)Nc2ccc(C(=O)COC(=O)c3c(F)cccc3Cl)cc21. The molecule has 0 radical (unpaired) electrons. The number of amides is 1. The molecule has 1 atom stereocenters. The van der Waals surface area contributed by atoms with Gasteiger partial charge in [0.15, 0.2) is 12.4 Å². The molecule has 5 nitrogen and oxygen atoms in total. The molecule has 1 aliphatic heterocycles. The molecule has 128 valence electrons. The molecule has 0 saturated carbocycles. The van der Waals surface area contributed by atoms with Crippen molar-refractivity contribution in [1.82, 2.24) is 0 Å². The number of benzene rings is 2. The van der Waals surface area contributed by atoms with E-state index in [0.717, 1.165) is 6.07 Å². The van der Waals surface area contributed by atoms with Crippen molar-refractivity contribution in [3.05, 3.63) is 63.9 Å². The molecule has 2 aromatic rings. The van der Waals surface area contributed by atoms with Crippen molar-refractivity contribution in [1.29, 1.82) is 0 Å². The van der Waals surface area contributed by atoms with Gasteiger partial charge >= 0.3 is 5.97 Å². The van der Waals surface area contributed by atoms with E-state index < -0.39 is 29.7 Å². The van der Waals surface area contributed by atoms with Crippen LogP contribution in [0, 0.1) is 5.82 Å². The highest BCUT2D eigenvalue weighted by Gasteiger charge is 2.27. The van der Waals surface area contributed by atoms with E-state index in [1.807, 2.05) is 0 Å². The van der Waals surface area contributed by atoms with Gasteiger partial charge < -0.3 is 10.1 Å². The predicted molar refractivity (Wildman–Crippen MR) is 89.5 cm³/mol. The first kappa shape index (κ1) is 17.1. The second-order valence-corrected chi connectivity index (χ2v) is 6.02. The zero-order valence-electron chi connectivity index (χ0n) is 13.1. The second kappa shape index (κ2) is 6.64. The first-order chi connectivity index (χ1) is 11.9. The molecule has 0 aliphatic carbocycles. The van der Waals surface area contributed by atoms with Gasteiger partial charge in [-0.1, -0.05) is 17.7 Å². The van der Waals surface area contributed by atoms with E-state index in [1.165, 1.54) is 18.2 Å². The summed E-state index contributed by atoms with van der Waals surface area (Å²) in [5, 5.41) is 2.62. The average molecular weight is 362 g/mol. The first-order valence-corrected chi connectivity index (χ1v) is 7.85. The maximum absolute atomic E-state index is 13.7. The van der Waals surface area contributed by atoms with Crippen molar-refractivity contribution < 1.29 is 23.5 Å². The molecule has 1 amide bonds. The molecule has 1 heterocycles. The lowest BCUT2D eigenvalue weighted by molar-refractivity contribution is -0.116. The number of rotatable bonds is 4. The summed E-state index contributed by atoms with van der Waals surface area (Å²) in [4.78, 5) is 35.8. The van der Waals surface area contributed by atoms with Crippen LogP contribution in [-0.4, -0.2) is 24.3 Å². The van der Waals surface area contributed by atoms with Gasteiger partial charge in [0.25, 0.3) is 0 Å². The number of Topliss-reactive ketones (excluding diaryl/α,β-unsaturated/α-hetero) is 1. The molecular formula is C18H13ClFNO4. The molecule has 0 saturated heterocycles. The molecular weight excluding hydrogens is 349 g/mol. The number of nitrogens with one attached hydrogen (secondary N) is 1. The normalized spacial score (nSPS) is 15.5. The summed E-state index contributed by atoms with van der Waals surface area (Å²) >= 11 is 5.79. The Bertz CT molecular complexity index is 876. The lowest BCUT2D eigenvalue weighted by Gasteiger charge is -2.08. The molecule has 25 heavy (non-hydrogen) atoms. The number of carbonyl (C=O) groups excluding carboxylic acids is 3. The largest absolute Gasteiger partial charge is 0.454 e. The topological polar surface area (TPSA) is 72.5 Å². The highest BCUT2D eigenvalue weighted by atomic mass is 35.5. The minimum atomic E-state index is -1.01. The highest BCUT2D eigenvalue weighted by molar-refractivity contribution is 6.33. The lowest BCUT2D eigenvalue weighted by atomic mass is 9.99. The van der Waals surface area contributed by atoms with Crippen LogP contribution in [-0.2, 0) is 9.53 Å². The zero-order chi connectivity index (χ0) is 18.1. The van der Waals surface area contributed by atoms with Crippen LogP contribution >= 0.6 is 11.6 Å². The molecule has 0 spiro atoms. The average Bonchev–Trinajstić information content (AvgIpc) is 2.86. The fourth-order valence-electron chi connectivity index (χ4n) is 2.57. The third kappa shape index (κ3) is 3.25. The van der Waals surface area contributed by atoms with Gasteiger partial charge in [-0.15, -0.1) is 0 Å². The zero-order valence-corrected chi connectivity index (χ0v) is 13.9. The van der Waals surface area contributed by atoms with Crippen molar-refractivity contribution in [3.63, 3.8) is 0 Å². The van der Waals surface area contributed by atoms with Gasteiger partial charge in [-0.3, -0.25) is 9.59 Å². The van der Waals surface area contributed by atoms with E-state index in [2.05, 4.69) is 5.32 Å². The monoisotopic (exact) mass is 361 g/mol. The third-order valence-electron chi connectivity index (χ3n) is 3.99. The third-order valence-corrected chi connectivity index (χ3v) is 4.31. The smallest absolute Gasteiger partial charge is 0.343 e. The molecule has 0 fully saturated rings. The second-order valence-electron chi connectivity index (χ2n) is 5.61. The predicted octanol–water partition coefficient (Wildman–Crippen LogP) is 3.57. The number of carbonyl (C=O) groups is 3.